The Labute approximate surface area is 151 Å². The number of hydrogen-bond acceptors (Lipinski definition) is 3. The van der Waals surface area contributed by atoms with Crippen molar-refractivity contribution in [2.45, 2.75) is 26.3 Å². The molecular weight excluding hydrogens is 328 g/mol. The van der Waals surface area contributed by atoms with Gasteiger partial charge < -0.3 is 4.90 Å². The van der Waals surface area contributed by atoms with Gasteiger partial charge in [0.25, 0.3) is 5.91 Å². The van der Waals surface area contributed by atoms with Crippen LogP contribution >= 0.6 is 0 Å². The summed E-state index contributed by atoms with van der Waals surface area (Å²) in [4.78, 5) is 31.8. The second-order valence-corrected chi connectivity index (χ2v) is 7.05. The zero-order chi connectivity index (χ0) is 18.4. The number of nitrogens with zero attached hydrogens (tertiary/aromatic N) is 4. The number of aromatic nitrogens is 3. The molecule has 0 bridgehead atoms. The molecule has 1 atom stereocenters. The topological polar surface area (TPSA) is 60.1 Å². The molecular formula is C20H22N4O2. The molecule has 6 heteroatoms. The van der Waals surface area contributed by atoms with Crippen LogP contribution in [0.2, 0.25) is 0 Å². The Morgan fingerprint density at radius 3 is 2.77 bits per heavy atom. The highest BCUT2D eigenvalue weighted by molar-refractivity contribution is 5.94. The van der Waals surface area contributed by atoms with Gasteiger partial charge in [-0.1, -0.05) is 6.07 Å². The first-order valence-electron chi connectivity index (χ1n) is 8.86. The van der Waals surface area contributed by atoms with Gasteiger partial charge in [0, 0.05) is 31.9 Å². The molecule has 3 aromatic rings. The minimum atomic E-state index is -0.0795. The first kappa shape index (κ1) is 16.6. The number of rotatable bonds is 2. The molecule has 3 heterocycles. The van der Waals surface area contributed by atoms with E-state index in [1.165, 1.54) is 5.56 Å². The number of likely N-dealkylation sites (tertiary alicyclic amines) is 1. The maximum Gasteiger partial charge on any atom is 0.330 e. The van der Waals surface area contributed by atoms with Crippen molar-refractivity contribution in [3.05, 3.63) is 63.7 Å². The van der Waals surface area contributed by atoms with Crippen molar-refractivity contribution in [3.63, 3.8) is 0 Å². The number of benzene rings is 1. The van der Waals surface area contributed by atoms with Crippen LogP contribution in [0.4, 0.5) is 0 Å². The van der Waals surface area contributed by atoms with E-state index in [0.29, 0.717) is 24.3 Å². The lowest BCUT2D eigenvalue weighted by atomic mass is 10.1. The first-order valence-corrected chi connectivity index (χ1v) is 8.86. The quantitative estimate of drug-likeness (QED) is 0.713. The smallest absolute Gasteiger partial charge is 0.330 e. The van der Waals surface area contributed by atoms with E-state index in [4.69, 9.17) is 0 Å². The summed E-state index contributed by atoms with van der Waals surface area (Å²) in [6, 6.07) is 9.48. The number of hydrogen-bond donors (Lipinski definition) is 0. The van der Waals surface area contributed by atoms with Crippen molar-refractivity contribution >= 4 is 17.1 Å². The minimum absolute atomic E-state index is 0.0249. The molecule has 6 nitrogen and oxygen atoms in total. The summed E-state index contributed by atoms with van der Waals surface area (Å²) in [6.07, 6.45) is 2.46. The lowest BCUT2D eigenvalue weighted by Crippen LogP contribution is -2.31. The molecule has 0 N–H and O–H groups in total. The Balaban J connectivity index is 1.63. The van der Waals surface area contributed by atoms with E-state index < -0.39 is 0 Å². The zero-order valence-corrected chi connectivity index (χ0v) is 15.3. The molecule has 1 saturated heterocycles. The number of pyridine rings is 1. The molecule has 1 amide bonds. The molecule has 2 aromatic heterocycles. The maximum atomic E-state index is 12.9. The number of carbonyl (C=O) groups is 1. The monoisotopic (exact) mass is 350 g/mol. The van der Waals surface area contributed by atoms with Crippen molar-refractivity contribution in [1.29, 1.82) is 0 Å². The number of aryl methyl sites for hydroxylation is 3. The molecule has 0 unspecified atom stereocenters. The Morgan fingerprint density at radius 1 is 1.19 bits per heavy atom. The molecule has 0 spiro atoms. The summed E-state index contributed by atoms with van der Waals surface area (Å²) >= 11 is 0. The summed E-state index contributed by atoms with van der Waals surface area (Å²) < 4.78 is 3.36. The van der Waals surface area contributed by atoms with Crippen LogP contribution in [0.15, 0.2) is 41.3 Å². The fourth-order valence-electron chi connectivity index (χ4n) is 3.71. The number of carbonyl (C=O) groups excluding carboxylic acids is 1. The third-order valence-electron chi connectivity index (χ3n) is 5.42. The predicted octanol–water partition coefficient (Wildman–Crippen LogP) is 2.44. The molecule has 134 valence electrons. The maximum absolute atomic E-state index is 12.9. The van der Waals surface area contributed by atoms with E-state index in [1.807, 2.05) is 49.1 Å². The van der Waals surface area contributed by atoms with E-state index in [0.717, 1.165) is 17.5 Å². The standard InChI is InChI=1S/C20H22N4O2/c1-13-6-7-15(11-14(13)2)19(25)23-10-8-16(12-23)24-18-17(5-4-9-21-18)22(3)20(24)26/h4-7,9,11,16H,8,10,12H2,1-3H3/t16-/m1/s1. The van der Waals surface area contributed by atoms with Gasteiger partial charge in [0.05, 0.1) is 11.6 Å². The third kappa shape index (κ3) is 2.53. The molecule has 1 aromatic carbocycles. The van der Waals surface area contributed by atoms with Gasteiger partial charge in [-0.15, -0.1) is 0 Å². The molecule has 1 aliphatic heterocycles. The van der Waals surface area contributed by atoms with Crippen molar-refractivity contribution in [2.24, 2.45) is 7.05 Å². The Bertz CT molecular complexity index is 1060. The van der Waals surface area contributed by atoms with Gasteiger partial charge >= 0.3 is 5.69 Å². The van der Waals surface area contributed by atoms with E-state index in [9.17, 15) is 9.59 Å². The molecule has 1 aliphatic rings. The van der Waals surface area contributed by atoms with Crippen LogP contribution in [-0.2, 0) is 7.05 Å². The van der Waals surface area contributed by atoms with E-state index in [-0.39, 0.29) is 17.6 Å². The lowest BCUT2D eigenvalue weighted by molar-refractivity contribution is 0.0787. The van der Waals surface area contributed by atoms with Crippen LogP contribution in [0.3, 0.4) is 0 Å². The van der Waals surface area contributed by atoms with Gasteiger partial charge in [0.2, 0.25) is 0 Å². The SMILES string of the molecule is Cc1ccc(C(=O)N2CC[C@@H](n3c(=O)n(C)c4cccnc43)C2)cc1C. The number of amides is 1. The first-order chi connectivity index (χ1) is 12.5. The lowest BCUT2D eigenvalue weighted by Gasteiger charge is -2.17. The molecule has 4 rings (SSSR count). The van der Waals surface area contributed by atoms with Crippen molar-refractivity contribution < 1.29 is 4.79 Å². The molecule has 26 heavy (non-hydrogen) atoms. The summed E-state index contributed by atoms with van der Waals surface area (Å²) in [6.45, 7) is 5.23. The highest BCUT2D eigenvalue weighted by Gasteiger charge is 2.31. The van der Waals surface area contributed by atoms with Crippen LogP contribution in [-0.4, -0.2) is 38.0 Å². The summed E-state index contributed by atoms with van der Waals surface area (Å²) in [5, 5.41) is 0. The van der Waals surface area contributed by atoms with Gasteiger partial charge in [0.1, 0.15) is 0 Å². The molecule has 0 aliphatic carbocycles. The van der Waals surface area contributed by atoms with Gasteiger partial charge in [-0.3, -0.25) is 13.9 Å². The average Bonchev–Trinajstić information content (AvgIpc) is 3.21. The van der Waals surface area contributed by atoms with Gasteiger partial charge in [-0.05, 0) is 55.7 Å². The van der Waals surface area contributed by atoms with Gasteiger partial charge in [-0.25, -0.2) is 9.78 Å². The fourth-order valence-corrected chi connectivity index (χ4v) is 3.71. The van der Waals surface area contributed by atoms with Crippen molar-refractivity contribution in [2.75, 3.05) is 13.1 Å². The van der Waals surface area contributed by atoms with Crippen molar-refractivity contribution in [3.8, 4) is 0 Å². The Hall–Kier alpha value is -2.89. The van der Waals surface area contributed by atoms with Gasteiger partial charge in [0.15, 0.2) is 5.65 Å². The van der Waals surface area contributed by atoms with Crippen LogP contribution in [0, 0.1) is 13.8 Å². The second-order valence-electron chi connectivity index (χ2n) is 7.05. The highest BCUT2D eigenvalue weighted by atomic mass is 16.2. The van der Waals surface area contributed by atoms with Crippen LogP contribution in [0.5, 0.6) is 0 Å². The largest absolute Gasteiger partial charge is 0.336 e. The summed E-state index contributed by atoms with van der Waals surface area (Å²) in [7, 11) is 1.76. The molecule has 0 radical (unpaired) electrons. The normalized spacial score (nSPS) is 17.2. The van der Waals surface area contributed by atoms with Crippen LogP contribution in [0.25, 0.3) is 11.2 Å². The number of fused-ring (bicyclic) bond motifs is 1. The average molecular weight is 350 g/mol. The second kappa shape index (κ2) is 6.12. The van der Waals surface area contributed by atoms with Crippen LogP contribution in [0.1, 0.15) is 33.9 Å². The third-order valence-corrected chi connectivity index (χ3v) is 5.42. The Morgan fingerprint density at radius 2 is 2.00 bits per heavy atom. The van der Waals surface area contributed by atoms with E-state index >= 15 is 0 Å². The molecule has 0 saturated carbocycles. The zero-order valence-electron chi connectivity index (χ0n) is 15.3. The minimum Gasteiger partial charge on any atom is -0.336 e. The Kier molecular flexibility index (Phi) is 3.90. The van der Waals surface area contributed by atoms with Gasteiger partial charge in [-0.2, -0.15) is 0 Å². The van der Waals surface area contributed by atoms with Crippen molar-refractivity contribution in [1.82, 2.24) is 19.0 Å². The summed E-state index contributed by atoms with van der Waals surface area (Å²) in [5.74, 6) is 0.0249. The highest BCUT2D eigenvalue weighted by Crippen LogP contribution is 2.25. The predicted molar refractivity (Wildman–Crippen MR) is 100 cm³/mol. The van der Waals surface area contributed by atoms with Crippen LogP contribution < -0.4 is 5.69 Å². The number of imidazole rings is 1. The van der Waals surface area contributed by atoms with E-state index in [1.54, 1.807) is 22.4 Å². The van der Waals surface area contributed by atoms with E-state index in [2.05, 4.69) is 4.98 Å². The summed E-state index contributed by atoms with van der Waals surface area (Å²) in [5.41, 5.74) is 4.42. The fraction of sp³-hybridized carbons (Fsp3) is 0.350. The molecule has 1 fully saturated rings.